The Morgan fingerprint density at radius 3 is 2.75 bits per heavy atom. The van der Waals surface area contributed by atoms with Crippen molar-refractivity contribution in [2.45, 2.75) is 25.9 Å². The molecule has 1 aliphatic rings. The molecular weight excluding hydrogens is 198 g/mol. The van der Waals surface area contributed by atoms with E-state index >= 15 is 0 Å². The Kier molecular flexibility index (Phi) is 3.83. The van der Waals surface area contributed by atoms with E-state index in [4.69, 9.17) is 4.74 Å². The van der Waals surface area contributed by atoms with Gasteiger partial charge >= 0.3 is 0 Å². The van der Waals surface area contributed by atoms with Crippen LogP contribution >= 0.6 is 0 Å². The smallest absolute Gasteiger partial charge is 0.119 e. The Morgan fingerprint density at radius 2 is 2.19 bits per heavy atom. The Morgan fingerprint density at radius 1 is 1.44 bits per heavy atom. The van der Waals surface area contributed by atoms with Crippen molar-refractivity contribution in [1.29, 1.82) is 0 Å². The van der Waals surface area contributed by atoms with Crippen LogP contribution in [-0.2, 0) is 0 Å². The summed E-state index contributed by atoms with van der Waals surface area (Å²) in [6.45, 7) is 8.28. The van der Waals surface area contributed by atoms with Gasteiger partial charge in [0.2, 0.25) is 0 Å². The SMILES string of the molecule is [CH2]c1ccc(OC(CC)C2CCNC2)cc1. The van der Waals surface area contributed by atoms with Gasteiger partial charge in [0.05, 0.1) is 0 Å². The van der Waals surface area contributed by atoms with Gasteiger partial charge in [-0.25, -0.2) is 0 Å². The van der Waals surface area contributed by atoms with Crippen molar-refractivity contribution in [2.24, 2.45) is 5.92 Å². The van der Waals surface area contributed by atoms with Gasteiger partial charge in [-0.15, -0.1) is 0 Å². The maximum absolute atomic E-state index is 6.03. The van der Waals surface area contributed by atoms with Crippen LogP contribution in [0.25, 0.3) is 0 Å². The minimum Gasteiger partial charge on any atom is -0.490 e. The van der Waals surface area contributed by atoms with Crippen LogP contribution in [0.4, 0.5) is 0 Å². The van der Waals surface area contributed by atoms with Crippen LogP contribution < -0.4 is 10.1 Å². The number of hydrogen-bond donors (Lipinski definition) is 1. The summed E-state index contributed by atoms with van der Waals surface area (Å²) < 4.78 is 6.03. The number of nitrogens with one attached hydrogen (secondary N) is 1. The lowest BCUT2D eigenvalue weighted by Gasteiger charge is -2.23. The third kappa shape index (κ3) is 2.76. The molecule has 16 heavy (non-hydrogen) atoms. The Labute approximate surface area is 98.0 Å². The van der Waals surface area contributed by atoms with Crippen LogP contribution in [0, 0.1) is 12.8 Å². The number of benzene rings is 1. The zero-order valence-electron chi connectivity index (χ0n) is 9.91. The Balaban J connectivity index is 1.97. The van der Waals surface area contributed by atoms with Gasteiger partial charge in [-0.1, -0.05) is 19.1 Å². The Bertz CT molecular complexity index is 314. The zero-order chi connectivity index (χ0) is 11.4. The quantitative estimate of drug-likeness (QED) is 0.839. The van der Waals surface area contributed by atoms with E-state index < -0.39 is 0 Å². The molecule has 1 saturated heterocycles. The lowest BCUT2D eigenvalue weighted by Crippen LogP contribution is -2.28. The van der Waals surface area contributed by atoms with Crippen molar-refractivity contribution in [3.8, 4) is 5.75 Å². The Hall–Kier alpha value is -1.02. The summed E-state index contributed by atoms with van der Waals surface area (Å²) in [5.74, 6) is 1.62. The van der Waals surface area contributed by atoms with Crippen molar-refractivity contribution in [3.05, 3.63) is 36.8 Å². The van der Waals surface area contributed by atoms with Crippen molar-refractivity contribution in [2.75, 3.05) is 13.1 Å². The molecule has 1 N–H and O–H groups in total. The van der Waals surface area contributed by atoms with Crippen LogP contribution in [0.1, 0.15) is 25.3 Å². The fourth-order valence-corrected chi connectivity index (χ4v) is 2.25. The molecule has 1 aromatic rings. The number of hydrogen-bond acceptors (Lipinski definition) is 2. The molecule has 2 atom stereocenters. The van der Waals surface area contributed by atoms with Gasteiger partial charge in [-0.3, -0.25) is 0 Å². The van der Waals surface area contributed by atoms with Crippen LogP contribution in [0.2, 0.25) is 0 Å². The molecule has 0 bridgehead atoms. The van der Waals surface area contributed by atoms with Crippen LogP contribution in [0.15, 0.2) is 24.3 Å². The average Bonchev–Trinajstić information content (AvgIpc) is 2.82. The molecule has 0 amide bonds. The second-order valence-electron chi connectivity index (χ2n) is 4.46. The predicted molar refractivity (Wildman–Crippen MR) is 66.6 cm³/mol. The van der Waals surface area contributed by atoms with Gasteiger partial charge in [0, 0.05) is 12.5 Å². The molecule has 1 radical (unpaired) electrons. The van der Waals surface area contributed by atoms with Crippen LogP contribution in [0.3, 0.4) is 0 Å². The summed E-state index contributed by atoms with van der Waals surface area (Å²) in [7, 11) is 0. The molecular formula is C14H20NO. The summed E-state index contributed by atoms with van der Waals surface area (Å²) in [5.41, 5.74) is 1.03. The summed E-state index contributed by atoms with van der Waals surface area (Å²) in [4.78, 5) is 0. The van der Waals surface area contributed by atoms with Crippen molar-refractivity contribution in [1.82, 2.24) is 5.32 Å². The third-order valence-corrected chi connectivity index (χ3v) is 3.24. The molecule has 1 aliphatic heterocycles. The first-order chi connectivity index (χ1) is 7.79. The van der Waals surface area contributed by atoms with E-state index in [0.717, 1.165) is 30.8 Å². The van der Waals surface area contributed by atoms with E-state index in [1.165, 1.54) is 6.42 Å². The second-order valence-corrected chi connectivity index (χ2v) is 4.46. The third-order valence-electron chi connectivity index (χ3n) is 3.24. The molecule has 1 aromatic carbocycles. The first-order valence-electron chi connectivity index (χ1n) is 6.09. The highest BCUT2D eigenvalue weighted by Crippen LogP contribution is 2.22. The van der Waals surface area contributed by atoms with Gasteiger partial charge in [-0.05, 0) is 44.0 Å². The van der Waals surface area contributed by atoms with Gasteiger partial charge in [0.25, 0.3) is 0 Å². The van der Waals surface area contributed by atoms with Crippen molar-refractivity contribution in [3.63, 3.8) is 0 Å². The summed E-state index contributed by atoms with van der Waals surface area (Å²) in [5, 5.41) is 3.39. The molecule has 2 heteroatoms. The van der Waals surface area contributed by atoms with E-state index in [1.54, 1.807) is 0 Å². The maximum Gasteiger partial charge on any atom is 0.119 e. The molecule has 1 fully saturated rings. The second kappa shape index (κ2) is 5.35. The van der Waals surface area contributed by atoms with Gasteiger partial charge in [-0.2, -0.15) is 0 Å². The molecule has 0 saturated carbocycles. The monoisotopic (exact) mass is 218 g/mol. The van der Waals surface area contributed by atoms with E-state index in [2.05, 4.69) is 19.2 Å². The van der Waals surface area contributed by atoms with E-state index in [9.17, 15) is 0 Å². The standard InChI is InChI=1S/C14H20NO/c1-3-14(12-8-9-15-10-12)16-13-6-4-11(2)5-7-13/h4-7,12,14-15H,2-3,8-10H2,1H3. The van der Waals surface area contributed by atoms with E-state index in [-0.39, 0.29) is 0 Å². The normalized spacial score (nSPS) is 22.0. The molecule has 87 valence electrons. The number of ether oxygens (including phenoxy) is 1. The lowest BCUT2D eigenvalue weighted by atomic mass is 9.99. The zero-order valence-corrected chi connectivity index (χ0v) is 9.91. The minimum atomic E-state index is 0.339. The fraction of sp³-hybridized carbons (Fsp3) is 0.500. The predicted octanol–water partition coefficient (Wildman–Crippen LogP) is 2.64. The molecule has 2 nitrogen and oxygen atoms in total. The molecule has 0 spiro atoms. The fourth-order valence-electron chi connectivity index (χ4n) is 2.25. The highest BCUT2D eigenvalue weighted by atomic mass is 16.5. The first-order valence-corrected chi connectivity index (χ1v) is 6.09. The lowest BCUT2D eigenvalue weighted by molar-refractivity contribution is 0.138. The molecule has 0 aliphatic carbocycles. The highest BCUT2D eigenvalue weighted by Gasteiger charge is 2.24. The van der Waals surface area contributed by atoms with E-state index in [0.29, 0.717) is 12.0 Å². The molecule has 2 rings (SSSR count). The number of rotatable bonds is 4. The highest BCUT2D eigenvalue weighted by molar-refractivity contribution is 5.28. The average molecular weight is 218 g/mol. The van der Waals surface area contributed by atoms with Crippen molar-refractivity contribution >= 4 is 0 Å². The van der Waals surface area contributed by atoms with Crippen LogP contribution in [0.5, 0.6) is 5.75 Å². The molecule has 0 aromatic heterocycles. The minimum absolute atomic E-state index is 0.339. The topological polar surface area (TPSA) is 21.3 Å². The first kappa shape index (κ1) is 11.5. The van der Waals surface area contributed by atoms with Gasteiger partial charge in [0.1, 0.15) is 11.9 Å². The largest absolute Gasteiger partial charge is 0.490 e. The summed E-state index contributed by atoms with van der Waals surface area (Å²) in [6.07, 6.45) is 2.63. The van der Waals surface area contributed by atoms with Gasteiger partial charge in [0.15, 0.2) is 0 Å². The molecule has 1 heterocycles. The molecule has 2 unspecified atom stereocenters. The van der Waals surface area contributed by atoms with Crippen molar-refractivity contribution < 1.29 is 4.74 Å². The van der Waals surface area contributed by atoms with E-state index in [1.807, 2.05) is 24.3 Å². The summed E-state index contributed by atoms with van der Waals surface area (Å²) >= 11 is 0. The van der Waals surface area contributed by atoms with Gasteiger partial charge < -0.3 is 10.1 Å². The summed E-state index contributed by atoms with van der Waals surface area (Å²) in [6, 6.07) is 8.00. The van der Waals surface area contributed by atoms with Crippen LogP contribution in [-0.4, -0.2) is 19.2 Å². The maximum atomic E-state index is 6.03.